The van der Waals surface area contributed by atoms with Gasteiger partial charge < -0.3 is 5.32 Å². The number of pyridine rings is 1. The second kappa shape index (κ2) is 6.17. The average Bonchev–Trinajstić information content (AvgIpc) is 2.86. The smallest absolute Gasteiger partial charge is 0.262 e. The standard InChI is InChI=1S/C19H16N4O/c24-18-16-9-7-14(6-8-15-5-1-2-10-20-15)13-17(16)22-19-21-11-3-4-12-23(18)19/h1-2,5,7,9-10,13H,3-4,11-12H2,(H,21,22). The molecular formula is C19H16N4O. The van der Waals surface area contributed by atoms with Crippen molar-refractivity contribution < 1.29 is 0 Å². The van der Waals surface area contributed by atoms with Crippen molar-refractivity contribution in [2.24, 2.45) is 0 Å². The molecule has 5 heteroatoms. The first-order chi connectivity index (χ1) is 11.8. The minimum Gasteiger partial charge on any atom is -0.356 e. The third kappa shape index (κ3) is 2.74. The van der Waals surface area contributed by atoms with Crippen LogP contribution in [0.3, 0.4) is 0 Å². The van der Waals surface area contributed by atoms with Gasteiger partial charge in [0, 0.05) is 24.8 Å². The zero-order chi connectivity index (χ0) is 16.4. The molecule has 1 aromatic carbocycles. The van der Waals surface area contributed by atoms with Crippen molar-refractivity contribution in [2.45, 2.75) is 19.4 Å². The molecule has 0 amide bonds. The van der Waals surface area contributed by atoms with Gasteiger partial charge in [-0.1, -0.05) is 12.0 Å². The van der Waals surface area contributed by atoms with Crippen molar-refractivity contribution in [3.8, 4) is 11.8 Å². The fourth-order valence-electron chi connectivity index (χ4n) is 2.81. The highest BCUT2D eigenvalue weighted by Gasteiger charge is 2.13. The lowest BCUT2D eigenvalue weighted by Crippen LogP contribution is -2.23. The Morgan fingerprint density at radius 2 is 2.08 bits per heavy atom. The largest absolute Gasteiger partial charge is 0.356 e. The Kier molecular flexibility index (Phi) is 3.72. The number of aromatic nitrogens is 3. The van der Waals surface area contributed by atoms with Gasteiger partial charge in [0.1, 0.15) is 5.69 Å². The van der Waals surface area contributed by atoms with E-state index in [0.29, 0.717) is 29.1 Å². The van der Waals surface area contributed by atoms with E-state index in [1.54, 1.807) is 10.8 Å². The molecule has 0 aliphatic carbocycles. The number of hydrogen-bond acceptors (Lipinski definition) is 4. The monoisotopic (exact) mass is 316 g/mol. The molecule has 0 fully saturated rings. The number of nitrogens with zero attached hydrogens (tertiary/aromatic N) is 3. The normalized spacial score (nSPS) is 13.3. The Labute approximate surface area is 139 Å². The summed E-state index contributed by atoms with van der Waals surface area (Å²) in [7, 11) is 0. The summed E-state index contributed by atoms with van der Waals surface area (Å²) in [5.74, 6) is 6.76. The van der Waals surface area contributed by atoms with Crippen LogP contribution < -0.4 is 10.9 Å². The van der Waals surface area contributed by atoms with E-state index in [1.165, 1.54) is 0 Å². The molecule has 0 atom stereocenters. The van der Waals surface area contributed by atoms with E-state index in [2.05, 4.69) is 27.1 Å². The zero-order valence-electron chi connectivity index (χ0n) is 13.1. The molecule has 24 heavy (non-hydrogen) atoms. The van der Waals surface area contributed by atoms with Crippen LogP contribution in [-0.4, -0.2) is 21.1 Å². The van der Waals surface area contributed by atoms with Crippen LogP contribution in [0.4, 0.5) is 5.95 Å². The summed E-state index contributed by atoms with van der Waals surface area (Å²) < 4.78 is 1.73. The second-order valence-corrected chi connectivity index (χ2v) is 5.72. The molecular weight excluding hydrogens is 300 g/mol. The number of benzene rings is 1. The van der Waals surface area contributed by atoms with Gasteiger partial charge in [-0.2, -0.15) is 0 Å². The third-order valence-electron chi connectivity index (χ3n) is 4.05. The molecule has 3 aromatic rings. The maximum absolute atomic E-state index is 12.7. The fourth-order valence-corrected chi connectivity index (χ4v) is 2.81. The molecule has 0 radical (unpaired) electrons. The van der Waals surface area contributed by atoms with E-state index >= 15 is 0 Å². The molecule has 0 bridgehead atoms. The maximum Gasteiger partial charge on any atom is 0.262 e. The topological polar surface area (TPSA) is 59.8 Å². The summed E-state index contributed by atoms with van der Waals surface area (Å²) in [5.41, 5.74) is 2.22. The van der Waals surface area contributed by atoms with Crippen LogP contribution in [-0.2, 0) is 6.54 Å². The van der Waals surface area contributed by atoms with Crippen LogP contribution in [0, 0.1) is 11.8 Å². The lowest BCUT2D eigenvalue weighted by atomic mass is 10.1. The minimum atomic E-state index is 0.00800. The first-order valence-corrected chi connectivity index (χ1v) is 8.03. The van der Waals surface area contributed by atoms with Crippen LogP contribution in [0.5, 0.6) is 0 Å². The number of fused-ring (bicyclic) bond motifs is 2. The summed E-state index contributed by atoms with van der Waals surface area (Å²) in [4.78, 5) is 21.5. The Balaban J connectivity index is 1.79. The van der Waals surface area contributed by atoms with Crippen molar-refractivity contribution in [3.05, 3.63) is 64.2 Å². The molecule has 0 saturated carbocycles. The van der Waals surface area contributed by atoms with Crippen LogP contribution in [0.25, 0.3) is 10.9 Å². The van der Waals surface area contributed by atoms with Gasteiger partial charge in [-0.05, 0) is 49.1 Å². The number of nitrogens with one attached hydrogen (secondary N) is 1. The van der Waals surface area contributed by atoms with Crippen molar-refractivity contribution in [1.29, 1.82) is 0 Å². The number of hydrogen-bond donors (Lipinski definition) is 1. The zero-order valence-corrected chi connectivity index (χ0v) is 13.1. The molecule has 1 aliphatic heterocycles. The highest BCUT2D eigenvalue weighted by atomic mass is 16.1. The predicted molar refractivity (Wildman–Crippen MR) is 93.9 cm³/mol. The molecule has 0 saturated heterocycles. The van der Waals surface area contributed by atoms with Gasteiger partial charge in [0.15, 0.2) is 0 Å². The average molecular weight is 316 g/mol. The molecule has 4 rings (SSSR count). The Morgan fingerprint density at radius 1 is 1.12 bits per heavy atom. The number of rotatable bonds is 0. The third-order valence-corrected chi connectivity index (χ3v) is 4.05. The summed E-state index contributed by atoms with van der Waals surface area (Å²) >= 11 is 0. The fraction of sp³-hybridized carbons (Fsp3) is 0.211. The minimum absolute atomic E-state index is 0.00800. The van der Waals surface area contributed by atoms with Crippen molar-refractivity contribution in [2.75, 3.05) is 11.9 Å². The lowest BCUT2D eigenvalue weighted by Gasteiger charge is -2.10. The molecule has 3 heterocycles. The van der Waals surface area contributed by atoms with E-state index in [9.17, 15) is 4.79 Å². The molecule has 5 nitrogen and oxygen atoms in total. The first-order valence-electron chi connectivity index (χ1n) is 8.03. The van der Waals surface area contributed by atoms with Gasteiger partial charge in [-0.25, -0.2) is 9.97 Å². The van der Waals surface area contributed by atoms with E-state index in [0.717, 1.165) is 24.9 Å². The summed E-state index contributed by atoms with van der Waals surface area (Å²) in [6.45, 7) is 1.56. The Hall–Kier alpha value is -3.13. The highest BCUT2D eigenvalue weighted by molar-refractivity contribution is 5.80. The predicted octanol–water partition coefficient (Wildman–Crippen LogP) is 2.40. The summed E-state index contributed by atoms with van der Waals surface area (Å²) in [6, 6.07) is 11.2. The van der Waals surface area contributed by atoms with Crippen LogP contribution in [0.15, 0.2) is 47.4 Å². The van der Waals surface area contributed by atoms with Gasteiger partial charge in [0.05, 0.1) is 10.9 Å². The number of anilines is 1. The van der Waals surface area contributed by atoms with Crippen LogP contribution in [0.1, 0.15) is 24.1 Å². The molecule has 1 aliphatic rings. The Morgan fingerprint density at radius 3 is 2.96 bits per heavy atom. The molecule has 118 valence electrons. The maximum atomic E-state index is 12.7. The van der Waals surface area contributed by atoms with Crippen LogP contribution >= 0.6 is 0 Å². The van der Waals surface area contributed by atoms with Crippen molar-refractivity contribution in [1.82, 2.24) is 14.5 Å². The van der Waals surface area contributed by atoms with Gasteiger partial charge in [0.25, 0.3) is 5.56 Å². The quantitative estimate of drug-likeness (QED) is 0.647. The van der Waals surface area contributed by atoms with Crippen LogP contribution in [0.2, 0.25) is 0 Å². The first kappa shape index (κ1) is 14.5. The van der Waals surface area contributed by atoms with E-state index < -0.39 is 0 Å². The van der Waals surface area contributed by atoms with E-state index in [1.807, 2.05) is 36.4 Å². The summed E-state index contributed by atoms with van der Waals surface area (Å²) in [5, 5.41) is 3.87. The van der Waals surface area contributed by atoms with Crippen molar-refractivity contribution in [3.63, 3.8) is 0 Å². The molecule has 0 unspecified atom stereocenters. The SMILES string of the molecule is O=c1c2ccc(C#Cc3ccccn3)cc2nc2n1CCCCN2. The van der Waals surface area contributed by atoms with Crippen molar-refractivity contribution >= 4 is 16.9 Å². The summed E-state index contributed by atoms with van der Waals surface area (Å²) in [6.07, 6.45) is 3.74. The molecule has 2 aromatic heterocycles. The second-order valence-electron chi connectivity index (χ2n) is 5.72. The molecule has 1 N–H and O–H groups in total. The Bertz CT molecular complexity index is 1010. The van der Waals surface area contributed by atoms with Gasteiger partial charge in [0.2, 0.25) is 5.95 Å². The van der Waals surface area contributed by atoms with Gasteiger partial charge in [-0.15, -0.1) is 0 Å². The van der Waals surface area contributed by atoms with E-state index in [-0.39, 0.29) is 5.56 Å². The van der Waals surface area contributed by atoms with Gasteiger partial charge >= 0.3 is 0 Å². The van der Waals surface area contributed by atoms with E-state index in [4.69, 9.17) is 0 Å². The lowest BCUT2D eigenvalue weighted by molar-refractivity contribution is 0.636. The highest BCUT2D eigenvalue weighted by Crippen LogP contribution is 2.16. The van der Waals surface area contributed by atoms with Gasteiger partial charge in [-0.3, -0.25) is 9.36 Å². The molecule has 0 spiro atoms.